The first-order valence-corrected chi connectivity index (χ1v) is 8.62. The highest BCUT2D eigenvalue weighted by Gasteiger charge is 2.28. The van der Waals surface area contributed by atoms with E-state index in [1.807, 2.05) is 25.1 Å². The lowest BCUT2D eigenvalue weighted by molar-refractivity contribution is 0.383. The number of hydrogen-bond donors (Lipinski definition) is 0. The number of rotatable bonds is 3. The second-order valence-corrected chi connectivity index (χ2v) is 7.18. The van der Waals surface area contributed by atoms with Crippen LogP contribution in [0.15, 0.2) is 47.4 Å². The smallest absolute Gasteiger partial charge is 0.243 e. The van der Waals surface area contributed by atoms with Gasteiger partial charge in [0.1, 0.15) is 0 Å². The average molecular weight is 318 g/mol. The van der Waals surface area contributed by atoms with Gasteiger partial charge in [-0.1, -0.05) is 18.2 Å². The summed E-state index contributed by atoms with van der Waals surface area (Å²) >= 11 is 0. The number of sulfonamides is 1. The summed E-state index contributed by atoms with van der Waals surface area (Å²) in [5.41, 5.74) is 0.869. The van der Waals surface area contributed by atoms with Gasteiger partial charge in [-0.25, -0.2) is 8.42 Å². The first-order chi connectivity index (χ1) is 10.6. The number of piperazine rings is 1. The summed E-state index contributed by atoms with van der Waals surface area (Å²) < 4.78 is 26.6. The lowest BCUT2D eigenvalue weighted by Gasteiger charge is -2.34. The molecule has 0 amide bonds. The first kappa shape index (κ1) is 14.9. The SMILES string of the molecule is Cc1ccc(N2CCN(S(=O)(=O)c3ccccc3)CC2)nn1. The van der Waals surface area contributed by atoms with Gasteiger partial charge < -0.3 is 4.90 Å². The molecule has 0 bridgehead atoms. The van der Waals surface area contributed by atoms with E-state index in [1.165, 1.54) is 4.31 Å². The fraction of sp³-hybridized carbons (Fsp3) is 0.333. The molecule has 6 nitrogen and oxygen atoms in total. The molecule has 116 valence electrons. The Labute approximate surface area is 130 Å². The summed E-state index contributed by atoms with van der Waals surface area (Å²) in [6, 6.07) is 12.4. The summed E-state index contributed by atoms with van der Waals surface area (Å²) in [7, 11) is -3.40. The zero-order valence-corrected chi connectivity index (χ0v) is 13.2. The molecular formula is C15H18N4O2S. The molecule has 2 heterocycles. The largest absolute Gasteiger partial charge is 0.352 e. The Balaban J connectivity index is 1.70. The number of aryl methyl sites for hydroxylation is 1. The van der Waals surface area contributed by atoms with Crippen molar-refractivity contribution in [3.05, 3.63) is 48.2 Å². The topological polar surface area (TPSA) is 66.4 Å². The molecule has 22 heavy (non-hydrogen) atoms. The van der Waals surface area contributed by atoms with Gasteiger partial charge in [0.25, 0.3) is 0 Å². The summed E-state index contributed by atoms with van der Waals surface area (Å²) in [4.78, 5) is 2.40. The van der Waals surface area contributed by atoms with E-state index in [0.29, 0.717) is 31.1 Å². The zero-order chi connectivity index (χ0) is 15.6. The third-order valence-electron chi connectivity index (χ3n) is 3.73. The van der Waals surface area contributed by atoms with Crippen LogP contribution in [0.4, 0.5) is 5.82 Å². The molecule has 1 aromatic carbocycles. The zero-order valence-electron chi connectivity index (χ0n) is 12.4. The van der Waals surface area contributed by atoms with Crippen molar-refractivity contribution in [3.8, 4) is 0 Å². The Kier molecular flexibility index (Phi) is 4.08. The summed E-state index contributed by atoms with van der Waals surface area (Å²) in [5, 5.41) is 8.20. The van der Waals surface area contributed by atoms with Gasteiger partial charge in [0.15, 0.2) is 5.82 Å². The normalized spacial score (nSPS) is 16.7. The number of hydrogen-bond acceptors (Lipinski definition) is 5. The van der Waals surface area contributed by atoms with Crippen molar-refractivity contribution < 1.29 is 8.42 Å². The third kappa shape index (κ3) is 2.95. The second-order valence-electron chi connectivity index (χ2n) is 5.24. The van der Waals surface area contributed by atoms with Crippen LogP contribution in [0.5, 0.6) is 0 Å². The highest BCUT2D eigenvalue weighted by molar-refractivity contribution is 7.89. The van der Waals surface area contributed by atoms with Crippen molar-refractivity contribution in [1.29, 1.82) is 0 Å². The van der Waals surface area contributed by atoms with Gasteiger partial charge in [-0.3, -0.25) is 0 Å². The molecule has 1 fully saturated rings. The van der Waals surface area contributed by atoms with Gasteiger partial charge in [-0.15, -0.1) is 5.10 Å². The fourth-order valence-corrected chi connectivity index (χ4v) is 3.90. The van der Waals surface area contributed by atoms with Gasteiger partial charge in [0.05, 0.1) is 10.6 Å². The van der Waals surface area contributed by atoms with E-state index in [1.54, 1.807) is 24.3 Å². The maximum atomic E-state index is 12.6. The second kappa shape index (κ2) is 6.02. The van der Waals surface area contributed by atoms with E-state index in [9.17, 15) is 8.42 Å². The van der Waals surface area contributed by atoms with Crippen molar-refractivity contribution in [2.24, 2.45) is 0 Å². The molecule has 2 aromatic rings. The van der Waals surface area contributed by atoms with Crippen LogP contribution in [-0.4, -0.2) is 49.1 Å². The summed E-state index contributed by atoms with van der Waals surface area (Å²) in [6.45, 7) is 4.02. The Hall–Kier alpha value is -1.99. The van der Waals surface area contributed by atoms with Crippen LogP contribution in [0.1, 0.15) is 5.69 Å². The summed E-state index contributed by atoms with van der Waals surface area (Å²) in [5.74, 6) is 0.794. The molecule has 0 unspecified atom stereocenters. The highest BCUT2D eigenvalue weighted by Crippen LogP contribution is 2.19. The molecule has 1 aliphatic heterocycles. The maximum absolute atomic E-state index is 12.6. The van der Waals surface area contributed by atoms with Gasteiger partial charge in [-0.2, -0.15) is 9.40 Å². The van der Waals surface area contributed by atoms with Crippen LogP contribution < -0.4 is 4.90 Å². The van der Waals surface area contributed by atoms with Crippen LogP contribution >= 0.6 is 0 Å². The van der Waals surface area contributed by atoms with E-state index < -0.39 is 10.0 Å². The molecule has 1 aromatic heterocycles. The number of benzene rings is 1. The van der Waals surface area contributed by atoms with Crippen molar-refractivity contribution in [1.82, 2.24) is 14.5 Å². The van der Waals surface area contributed by atoms with Gasteiger partial charge in [0, 0.05) is 26.2 Å². The lowest BCUT2D eigenvalue weighted by atomic mass is 10.3. The van der Waals surface area contributed by atoms with Crippen LogP contribution in [0.3, 0.4) is 0 Å². The standard InChI is InChI=1S/C15H18N4O2S/c1-13-7-8-15(17-16-13)18-9-11-19(12-10-18)22(20,21)14-5-3-2-4-6-14/h2-8H,9-12H2,1H3. The monoisotopic (exact) mass is 318 g/mol. The average Bonchev–Trinajstić information content (AvgIpc) is 2.56. The van der Waals surface area contributed by atoms with E-state index in [2.05, 4.69) is 15.1 Å². The summed E-state index contributed by atoms with van der Waals surface area (Å²) in [6.07, 6.45) is 0. The van der Waals surface area contributed by atoms with E-state index in [-0.39, 0.29) is 0 Å². The molecule has 0 spiro atoms. The highest BCUT2D eigenvalue weighted by atomic mass is 32.2. The predicted molar refractivity (Wildman–Crippen MR) is 84.2 cm³/mol. The molecule has 0 radical (unpaired) electrons. The van der Waals surface area contributed by atoms with E-state index in [4.69, 9.17) is 0 Å². The Bertz CT molecular complexity index is 724. The van der Waals surface area contributed by atoms with Gasteiger partial charge in [-0.05, 0) is 31.2 Å². The number of aromatic nitrogens is 2. The van der Waals surface area contributed by atoms with Gasteiger partial charge >= 0.3 is 0 Å². The molecule has 0 aliphatic carbocycles. The molecule has 1 saturated heterocycles. The third-order valence-corrected chi connectivity index (χ3v) is 5.64. The lowest BCUT2D eigenvalue weighted by Crippen LogP contribution is -2.48. The maximum Gasteiger partial charge on any atom is 0.243 e. The van der Waals surface area contributed by atoms with E-state index >= 15 is 0 Å². The van der Waals surface area contributed by atoms with Crippen LogP contribution in [0.25, 0.3) is 0 Å². The minimum atomic E-state index is -3.40. The van der Waals surface area contributed by atoms with Crippen LogP contribution in [-0.2, 0) is 10.0 Å². The van der Waals surface area contributed by atoms with Crippen LogP contribution in [0.2, 0.25) is 0 Å². The molecule has 0 saturated carbocycles. The molecule has 0 atom stereocenters. The molecular weight excluding hydrogens is 300 g/mol. The minimum Gasteiger partial charge on any atom is -0.352 e. The number of anilines is 1. The van der Waals surface area contributed by atoms with Crippen LogP contribution in [0, 0.1) is 6.92 Å². The van der Waals surface area contributed by atoms with Crippen molar-refractivity contribution >= 4 is 15.8 Å². The molecule has 0 N–H and O–H groups in total. The fourth-order valence-electron chi connectivity index (χ4n) is 2.46. The first-order valence-electron chi connectivity index (χ1n) is 7.18. The van der Waals surface area contributed by atoms with Crippen molar-refractivity contribution in [3.63, 3.8) is 0 Å². The van der Waals surface area contributed by atoms with Crippen molar-refractivity contribution in [2.45, 2.75) is 11.8 Å². The molecule has 7 heteroatoms. The quantitative estimate of drug-likeness (QED) is 0.853. The Morgan fingerprint density at radius 3 is 2.18 bits per heavy atom. The minimum absolute atomic E-state index is 0.346. The Morgan fingerprint density at radius 2 is 1.59 bits per heavy atom. The molecule has 1 aliphatic rings. The molecule has 3 rings (SSSR count). The Morgan fingerprint density at radius 1 is 0.909 bits per heavy atom. The van der Waals surface area contributed by atoms with E-state index in [0.717, 1.165) is 11.5 Å². The van der Waals surface area contributed by atoms with Crippen molar-refractivity contribution in [2.75, 3.05) is 31.1 Å². The van der Waals surface area contributed by atoms with Gasteiger partial charge in [0.2, 0.25) is 10.0 Å². The predicted octanol–water partition coefficient (Wildman–Crippen LogP) is 1.30. The number of nitrogens with zero attached hydrogens (tertiary/aromatic N) is 4.